The molecule has 0 saturated heterocycles. The third-order valence-electron chi connectivity index (χ3n) is 6.06. The van der Waals surface area contributed by atoms with E-state index in [9.17, 15) is 9.59 Å². The van der Waals surface area contributed by atoms with E-state index in [4.69, 9.17) is 0 Å². The van der Waals surface area contributed by atoms with E-state index in [1.165, 1.54) is 0 Å². The van der Waals surface area contributed by atoms with Crippen molar-refractivity contribution in [1.82, 2.24) is 0 Å². The molecule has 4 aromatic carbocycles. The predicted molar refractivity (Wildman–Crippen MR) is 140 cm³/mol. The van der Waals surface area contributed by atoms with E-state index >= 15 is 0 Å². The Hall–Kier alpha value is -4.18. The van der Waals surface area contributed by atoms with Crippen LogP contribution in [0.1, 0.15) is 43.0 Å². The third-order valence-corrected chi connectivity index (χ3v) is 6.06. The van der Waals surface area contributed by atoms with Gasteiger partial charge < -0.3 is 10.6 Å². The van der Waals surface area contributed by atoms with Crippen LogP contribution < -0.4 is 10.6 Å². The minimum atomic E-state index is -0.112. The molecular formula is C30H28N2O2. The van der Waals surface area contributed by atoms with Crippen LogP contribution in [-0.4, -0.2) is 11.8 Å². The standard InChI is InChI=1S/C30H28N2O2/c1-19-9-5-7-11-25(19)29(33)31-27-15-13-23(17-21(27)3)24-14-16-28(22(4)18-24)32-30(34)26-12-8-6-10-20(26)2/h5-18H,1-4H3,(H,31,33)(H,32,34). The highest BCUT2D eigenvalue weighted by Gasteiger charge is 2.13. The van der Waals surface area contributed by atoms with Crippen LogP contribution in [0.5, 0.6) is 0 Å². The summed E-state index contributed by atoms with van der Waals surface area (Å²) in [6.07, 6.45) is 0. The number of carbonyl (C=O) groups is 2. The first-order chi connectivity index (χ1) is 16.3. The second-order valence-corrected chi connectivity index (χ2v) is 8.60. The van der Waals surface area contributed by atoms with Crippen molar-refractivity contribution in [2.24, 2.45) is 0 Å². The Morgan fingerprint density at radius 3 is 1.24 bits per heavy atom. The van der Waals surface area contributed by atoms with Gasteiger partial charge in [-0.05, 0) is 97.5 Å². The molecule has 0 unspecified atom stereocenters. The number of aryl methyl sites for hydroxylation is 4. The molecule has 0 aliphatic rings. The van der Waals surface area contributed by atoms with Crippen molar-refractivity contribution in [3.05, 3.63) is 118 Å². The molecule has 0 aliphatic heterocycles. The van der Waals surface area contributed by atoms with Gasteiger partial charge >= 0.3 is 0 Å². The van der Waals surface area contributed by atoms with E-state index < -0.39 is 0 Å². The number of rotatable bonds is 5. The lowest BCUT2D eigenvalue weighted by Crippen LogP contribution is -2.14. The lowest BCUT2D eigenvalue weighted by molar-refractivity contribution is 0.101. The van der Waals surface area contributed by atoms with Crippen molar-refractivity contribution in [3.63, 3.8) is 0 Å². The molecule has 2 amide bonds. The van der Waals surface area contributed by atoms with E-state index in [1.54, 1.807) is 0 Å². The van der Waals surface area contributed by atoms with Crippen molar-refractivity contribution >= 4 is 23.2 Å². The van der Waals surface area contributed by atoms with E-state index in [0.29, 0.717) is 11.1 Å². The fourth-order valence-electron chi connectivity index (χ4n) is 4.00. The Kier molecular flexibility index (Phi) is 6.60. The van der Waals surface area contributed by atoms with Crippen LogP contribution in [0.3, 0.4) is 0 Å². The molecule has 0 spiro atoms. The summed E-state index contributed by atoms with van der Waals surface area (Å²) >= 11 is 0. The molecule has 34 heavy (non-hydrogen) atoms. The van der Waals surface area contributed by atoms with Gasteiger partial charge in [0.2, 0.25) is 0 Å². The van der Waals surface area contributed by atoms with E-state index in [0.717, 1.165) is 44.8 Å². The largest absolute Gasteiger partial charge is 0.322 e. The smallest absolute Gasteiger partial charge is 0.255 e. The van der Waals surface area contributed by atoms with Crippen LogP contribution in [-0.2, 0) is 0 Å². The van der Waals surface area contributed by atoms with Crippen LogP contribution >= 0.6 is 0 Å². The summed E-state index contributed by atoms with van der Waals surface area (Å²) in [6.45, 7) is 7.84. The quantitative estimate of drug-likeness (QED) is 0.342. The van der Waals surface area contributed by atoms with Crippen molar-refractivity contribution in [3.8, 4) is 11.1 Å². The Bertz CT molecular complexity index is 1280. The predicted octanol–water partition coefficient (Wildman–Crippen LogP) is 7.09. The first kappa shape index (κ1) is 23.0. The molecule has 0 bridgehead atoms. The van der Waals surface area contributed by atoms with Crippen molar-refractivity contribution in [2.75, 3.05) is 10.6 Å². The maximum absolute atomic E-state index is 12.7. The lowest BCUT2D eigenvalue weighted by Gasteiger charge is -2.14. The van der Waals surface area contributed by atoms with Crippen molar-refractivity contribution in [1.29, 1.82) is 0 Å². The van der Waals surface area contributed by atoms with Gasteiger partial charge in [0.05, 0.1) is 0 Å². The number of anilines is 2. The van der Waals surface area contributed by atoms with Crippen LogP contribution in [0.2, 0.25) is 0 Å². The molecule has 0 aromatic heterocycles. The number of benzene rings is 4. The fraction of sp³-hybridized carbons (Fsp3) is 0.133. The average molecular weight is 449 g/mol. The molecule has 4 nitrogen and oxygen atoms in total. The van der Waals surface area contributed by atoms with Gasteiger partial charge in [-0.15, -0.1) is 0 Å². The second kappa shape index (κ2) is 9.75. The maximum Gasteiger partial charge on any atom is 0.255 e. The SMILES string of the molecule is Cc1cc(-c2ccc(NC(=O)c3ccccc3C)c(C)c2)ccc1NC(=O)c1ccccc1C. The van der Waals surface area contributed by atoms with Gasteiger partial charge in [0.25, 0.3) is 11.8 Å². The summed E-state index contributed by atoms with van der Waals surface area (Å²) in [5, 5.41) is 6.04. The van der Waals surface area contributed by atoms with Crippen LogP contribution in [0.25, 0.3) is 11.1 Å². The van der Waals surface area contributed by atoms with Crippen molar-refractivity contribution in [2.45, 2.75) is 27.7 Å². The highest BCUT2D eigenvalue weighted by molar-refractivity contribution is 6.06. The third kappa shape index (κ3) is 4.91. The molecular weight excluding hydrogens is 420 g/mol. The fourth-order valence-corrected chi connectivity index (χ4v) is 4.00. The maximum atomic E-state index is 12.7. The summed E-state index contributed by atoms with van der Waals surface area (Å²) < 4.78 is 0. The first-order valence-electron chi connectivity index (χ1n) is 11.3. The number of amides is 2. The van der Waals surface area contributed by atoms with Crippen LogP contribution in [0.4, 0.5) is 11.4 Å². The summed E-state index contributed by atoms with van der Waals surface area (Å²) in [7, 11) is 0. The van der Waals surface area contributed by atoms with Gasteiger partial charge in [0.15, 0.2) is 0 Å². The molecule has 0 radical (unpaired) electrons. The Labute approximate surface area is 200 Å². The highest BCUT2D eigenvalue weighted by atomic mass is 16.2. The molecule has 0 aliphatic carbocycles. The van der Waals surface area contributed by atoms with Crippen molar-refractivity contribution < 1.29 is 9.59 Å². The minimum absolute atomic E-state index is 0.112. The van der Waals surface area contributed by atoms with E-state index in [2.05, 4.69) is 22.8 Å². The summed E-state index contributed by atoms with van der Waals surface area (Å²) in [4.78, 5) is 25.4. The second-order valence-electron chi connectivity index (χ2n) is 8.60. The number of hydrogen-bond acceptors (Lipinski definition) is 2. The zero-order chi connectivity index (χ0) is 24.2. The monoisotopic (exact) mass is 448 g/mol. The number of hydrogen-bond donors (Lipinski definition) is 2. The number of nitrogens with one attached hydrogen (secondary N) is 2. The van der Waals surface area contributed by atoms with Crippen LogP contribution in [0.15, 0.2) is 84.9 Å². The highest BCUT2D eigenvalue weighted by Crippen LogP contribution is 2.29. The van der Waals surface area contributed by atoms with Gasteiger partial charge in [0, 0.05) is 22.5 Å². The zero-order valence-electron chi connectivity index (χ0n) is 19.9. The lowest BCUT2D eigenvalue weighted by atomic mass is 9.99. The summed E-state index contributed by atoms with van der Waals surface area (Å²) in [6, 6.07) is 27.1. The van der Waals surface area contributed by atoms with E-state index in [-0.39, 0.29) is 11.8 Å². The van der Waals surface area contributed by atoms with Gasteiger partial charge in [-0.2, -0.15) is 0 Å². The molecule has 0 saturated carbocycles. The Morgan fingerprint density at radius 2 is 0.882 bits per heavy atom. The summed E-state index contributed by atoms with van der Waals surface area (Å²) in [5.41, 5.74) is 8.86. The summed E-state index contributed by atoms with van der Waals surface area (Å²) in [5.74, 6) is -0.225. The van der Waals surface area contributed by atoms with Gasteiger partial charge in [-0.1, -0.05) is 48.5 Å². The van der Waals surface area contributed by atoms with Gasteiger partial charge in [0.1, 0.15) is 0 Å². The minimum Gasteiger partial charge on any atom is -0.322 e. The zero-order valence-corrected chi connectivity index (χ0v) is 19.9. The average Bonchev–Trinajstić information content (AvgIpc) is 2.82. The first-order valence-corrected chi connectivity index (χ1v) is 11.3. The number of carbonyl (C=O) groups excluding carboxylic acids is 2. The normalized spacial score (nSPS) is 10.6. The molecule has 0 fully saturated rings. The van der Waals surface area contributed by atoms with E-state index in [1.807, 2.05) is 100 Å². The molecule has 170 valence electrons. The van der Waals surface area contributed by atoms with Gasteiger partial charge in [-0.25, -0.2) is 0 Å². The van der Waals surface area contributed by atoms with Gasteiger partial charge in [-0.3, -0.25) is 9.59 Å². The molecule has 4 aromatic rings. The molecule has 0 atom stereocenters. The molecule has 4 heteroatoms. The molecule has 0 heterocycles. The molecule has 4 rings (SSSR count). The molecule has 2 N–H and O–H groups in total. The van der Waals surface area contributed by atoms with Crippen LogP contribution in [0, 0.1) is 27.7 Å². The topological polar surface area (TPSA) is 58.2 Å². The Balaban J connectivity index is 1.51. The Morgan fingerprint density at radius 1 is 0.500 bits per heavy atom.